The predicted octanol–water partition coefficient (Wildman–Crippen LogP) is 5.01. The van der Waals surface area contributed by atoms with Crippen molar-refractivity contribution >= 4 is 39.7 Å². The van der Waals surface area contributed by atoms with Crippen LogP contribution in [0.5, 0.6) is 0 Å². The van der Waals surface area contributed by atoms with Gasteiger partial charge in [0.05, 0.1) is 5.25 Å². The summed E-state index contributed by atoms with van der Waals surface area (Å²) < 4.78 is 0.867. The maximum absolute atomic E-state index is 11.9. The highest BCUT2D eigenvalue weighted by atomic mass is 32.2. The van der Waals surface area contributed by atoms with E-state index in [2.05, 4.69) is 53.6 Å². The van der Waals surface area contributed by atoms with E-state index < -0.39 is 0 Å². The Bertz CT molecular complexity index is 667. The maximum atomic E-state index is 11.9. The van der Waals surface area contributed by atoms with Gasteiger partial charge in [0, 0.05) is 12.1 Å². The van der Waals surface area contributed by atoms with Gasteiger partial charge in [0.25, 0.3) is 0 Å². The molecule has 0 aliphatic heterocycles. The summed E-state index contributed by atoms with van der Waals surface area (Å²) in [6.07, 6.45) is 3.84. The third kappa shape index (κ3) is 4.32. The molecule has 122 valence electrons. The topological polar surface area (TPSA) is 54.9 Å². The zero-order valence-electron chi connectivity index (χ0n) is 13.4. The van der Waals surface area contributed by atoms with Crippen molar-refractivity contribution in [2.24, 2.45) is 0 Å². The minimum atomic E-state index is 0.0647. The summed E-state index contributed by atoms with van der Waals surface area (Å²) >= 11 is 3.08. The van der Waals surface area contributed by atoms with Gasteiger partial charge in [-0.15, -0.1) is 10.2 Å². The number of rotatable bonds is 5. The number of anilines is 2. The standard InChI is InChI=1S/C17H21N3OS2/c1-11(2)12-7-9-13(10-8-12)18-16-19-20-17(23-16)22-15-6-4-3-5-14(15)21/h7-11,15H,3-6H2,1-2H3,(H,18,19)/t15-/m0/s1. The molecule has 0 radical (unpaired) electrons. The smallest absolute Gasteiger partial charge is 0.210 e. The van der Waals surface area contributed by atoms with Crippen LogP contribution in [-0.4, -0.2) is 21.2 Å². The molecule has 0 bridgehead atoms. The Balaban J connectivity index is 1.61. The number of thioether (sulfide) groups is 1. The van der Waals surface area contributed by atoms with Crippen LogP contribution in [0.2, 0.25) is 0 Å². The molecule has 1 saturated carbocycles. The molecule has 1 aromatic carbocycles. The van der Waals surface area contributed by atoms with Crippen LogP contribution in [0, 0.1) is 0 Å². The van der Waals surface area contributed by atoms with Crippen molar-refractivity contribution < 1.29 is 4.79 Å². The lowest BCUT2D eigenvalue weighted by Gasteiger charge is -2.17. The van der Waals surface area contributed by atoms with Crippen LogP contribution in [0.3, 0.4) is 0 Å². The third-order valence-corrected chi connectivity index (χ3v) is 6.22. The molecule has 0 unspecified atom stereocenters. The average Bonchev–Trinajstić information content (AvgIpc) is 2.97. The summed E-state index contributed by atoms with van der Waals surface area (Å²) in [5.41, 5.74) is 2.33. The van der Waals surface area contributed by atoms with E-state index in [4.69, 9.17) is 0 Å². The number of aromatic nitrogens is 2. The number of carbonyl (C=O) groups is 1. The van der Waals surface area contributed by atoms with Crippen LogP contribution in [-0.2, 0) is 4.79 Å². The molecule has 3 rings (SSSR count). The predicted molar refractivity (Wildman–Crippen MR) is 96.8 cm³/mol. The SMILES string of the molecule is CC(C)c1ccc(Nc2nnc(S[C@H]3CCCCC3=O)s2)cc1. The van der Waals surface area contributed by atoms with E-state index in [0.717, 1.165) is 34.4 Å². The number of Topliss-reactive ketones (excluding diaryl/α,β-unsaturated/α-hetero) is 1. The second kappa shape index (κ2) is 7.45. The molecule has 2 aromatic rings. The lowest BCUT2D eigenvalue weighted by molar-refractivity contribution is -0.119. The Kier molecular flexibility index (Phi) is 5.33. The van der Waals surface area contributed by atoms with E-state index in [-0.39, 0.29) is 5.25 Å². The van der Waals surface area contributed by atoms with Crippen molar-refractivity contribution in [2.75, 3.05) is 5.32 Å². The summed E-state index contributed by atoms with van der Waals surface area (Å²) in [7, 11) is 0. The molecule has 23 heavy (non-hydrogen) atoms. The van der Waals surface area contributed by atoms with Crippen molar-refractivity contribution in [1.82, 2.24) is 10.2 Å². The number of nitrogens with zero attached hydrogens (tertiary/aromatic N) is 2. The summed E-state index contributed by atoms with van der Waals surface area (Å²) in [4.78, 5) is 11.9. The van der Waals surface area contributed by atoms with Crippen LogP contribution < -0.4 is 5.32 Å². The van der Waals surface area contributed by atoms with Crippen molar-refractivity contribution in [3.8, 4) is 0 Å². The molecule has 1 atom stereocenters. The first kappa shape index (κ1) is 16.5. The Hall–Kier alpha value is -1.40. The monoisotopic (exact) mass is 347 g/mol. The Morgan fingerprint density at radius 1 is 1.22 bits per heavy atom. The van der Waals surface area contributed by atoms with E-state index >= 15 is 0 Å². The van der Waals surface area contributed by atoms with Crippen molar-refractivity contribution in [1.29, 1.82) is 0 Å². The number of nitrogens with one attached hydrogen (secondary N) is 1. The molecule has 0 amide bonds. The van der Waals surface area contributed by atoms with Crippen LogP contribution in [0.25, 0.3) is 0 Å². The van der Waals surface area contributed by atoms with Gasteiger partial charge < -0.3 is 5.32 Å². The zero-order valence-corrected chi connectivity index (χ0v) is 15.0. The van der Waals surface area contributed by atoms with Crippen LogP contribution in [0.15, 0.2) is 28.6 Å². The molecule has 1 aromatic heterocycles. The van der Waals surface area contributed by atoms with Crippen LogP contribution in [0.1, 0.15) is 51.0 Å². The van der Waals surface area contributed by atoms with Crippen LogP contribution in [0.4, 0.5) is 10.8 Å². The number of hydrogen-bond acceptors (Lipinski definition) is 6. The average molecular weight is 348 g/mol. The molecular weight excluding hydrogens is 326 g/mol. The quantitative estimate of drug-likeness (QED) is 0.824. The molecule has 1 heterocycles. The van der Waals surface area contributed by atoms with Gasteiger partial charge in [-0.25, -0.2) is 0 Å². The first-order valence-electron chi connectivity index (χ1n) is 8.01. The molecule has 6 heteroatoms. The van der Waals surface area contributed by atoms with Gasteiger partial charge in [-0.05, 0) is 36.5 Å². The van der Waals surface area contributed by atoms with Gasteiger partial charge in [0.2, 0.25) is 5.13 Å². The first-order chi connectivity index (χ1) is 11.1. The molecule has 0 spiro atoms. The molecule has 0 saturated heterocycles. The summed E-state index contributed by atoms with van der Waals surface area (Å²) in [5.74, 6) is 0.886. The largest absolute Gasteiger partial charge is 0.330 e. The molecule has 1 fully saturated rings. The minimum absolute atomic E-state index is 0.0647. The second-order valence-electron chi connectivity index (χ2n) is 6.09. The van der Waals surface area contributed by atoms with Crippen molar-refractivity contribution in [2.45, 2.75) is 55.0 Å². The highest BCUT2D eigenvalue weighted by Gasteiger charge is 2.24. The Morgan fingerprint density at radius 3 is 2.70 bits per heavy atom. The van der Waals surface area contributed by atoms with Gasteiger partial charge in [0.1, 0.15) is 5.78 Å². The highest BCUT2D eigenvalue weighted by molar-refractivity contribution is 8.02. The molecule has 4 nitrogen and oxygen atoms in total. The van der Waals surface area contributed by atoms with E-state index in [1.54, 1.807) is 11.8 Å². The first-order valence-corrected chi connectivity index (χ1v) is 9.71. The van der Waals surface area contributed by atoms with Gasteiger partial charge in [-0.3, -0.25) is 4.79 Å². The summed E-state index contributed by atoms with van der Waals surface area (Å²) in [6.45, 7) is 4.37. The second-order valence-corrected chi connectivity index (χ2v) is 8.52. The fourth-order valence-electron chi connectivity index (χ4n) is 2.58. The Labute approximate surface area is 145 Å². The number of ketones is 1. The normalized spacial score (nSPS) is 18.4. The van der Waals surface area contributed by atoms with Crippen molar-refractivity contribution in [3.05, 3.63) is 29.8 Å². The van der Waals surface area contributed by atoms with Crippen LogP contribution >= 0.6 is 23.1 Å². The number of carbonyl (C=O) groups excluding carboxylic acids is 1. The fraction of sp³-hybridized carbons (Fsp3) is 0.471. The van der Waals surface area contributed by atoms with Gasteiger partial charge in [-0.1, -0.05) is 55.5 Å². The van der Waals surface area contributed by atoms with E-state index in [0.29, 0.717) is 18.1 Å². The van der Waals surface area contributed by atoms with E-state index in [9.17, 15) is 4.79 Å². The summed E-state index contributed by atoms with van der Waals surface area (Å²) in [5, 5.41) is 12.5. The molecule has 1 aliphatic rings. The molecule has 1 N–H and O–H groups in total. The Morgan fingerprint density at radius 2 is 2.00 bits per heavy atom. The summed E-state index contributed by atoms with van der Waals surface area (Å²) in [6, 6.07) is 8.39. The maximum Gasteiger partial charge on any atom is 0.210 e. The van der Waals surface area contributed by atoms with E-state index in [1.807, 2.05) is 0 Å². The zero-order chi connectivity index (χ0) is 16.2. The molecular formula is C17H21N3OS2. The lowest BCUT2D eigenvalue weighted by Crippen LogP contribution is -2.21. The highest BCUT2D eigenvalue weighted by Crippen LogP contribution is 2.35. The van der Waals surface area contributed by atoms with Crippen molar-refractivity contribution in [3.63, 3.8) is 0 Å². The van der Waals surface area contributed by atoms with Gasteiger partial charge >= 0.3 is 0 Å². The van der Waals surface area contributed by atoms with Gasteiger partial charge in [-0.2, -0.15) is 0 Å². The minimum Gasteiger partial charge on any atom is -0.330 e. The number of benzene rings is 1. The lowest BCUT2D eigenvalue weighted by atomic mass is 9.99. The number of hydrogen-bond donors (Lipinski definition) is 1. The molecule has 1 aliphatic carbocycles. The third-order valence-electron chi connectivity index (χ3n) is 3.98. The van der Waals surface area contributed by atoms with Gasteiger partial charge in [0.15, 0.2) is 4.34 Å². The fourth-order valence-corrected chi connectivity index (χ4v) is 4.72. The van der Waals surface area contributed by atoms with E-state index in [1.165, 1.54) is 16.9 Å².